The van der Waals surface area contributed by atoms with Crippen LogP contribution in [0.3, 0.4) is 0 Å². The molecule has 2 heterocycles. The van der Waals surface area contributed by atoms with Crippen LogP contribution in [0.25, 0.3) is 0 Å². The minimum Gasteiger partial charge on any atom is -0.338 e. The Morgan fingerprint density at radius 2 is 2.15 bits per heavy atom. The molecule has 5 heteroatoms. The molecule has 106 valence electrons. The third-order valence-corrected chi connectivity index (χ3v) is 4.05. The maximum Gasteiger partial charge on any atom is 0.244 e. The van der Waals surface area contributed by atoms with Crippen molar-refractivity contribution in [3.63, 3.8) is 0 Å². The number of nitrogens with zero attached hydrogens (tertiary/aromatic N) is 2. The van der Waals surface area contributed by atoms with Crippen LogP contribution in [0.1, 0.15) is 43.1 Å². The largest absolute Gasteiger partial charge is 0.338 e. The highest BCUT2D eigenvalue weighted by atomic mass is 35.5. The summed E-state index contributed by atoms with van der Waals surface area (Å²) in [7, 11) is 0. The molecule has 4 nitrogen and oxygen atoms in total. The summed E-state index contributed by atoms with van der Waals surface area (Å²) in [6.45, 7) is 3.24. The number of benzene rings is 1. The summed E-state index contributed by atoms with van der Waals surface area (Å²) in [5.74, 6) is 1.97. The van der Waals surface area contributed by atoms with Gasteiger partial charge >= 0.3 is 0 Å². The molecule has 0 bridgehead atoms. The Morgan fingerprint density at radius 1 is 1.35 bits per heavy atom. The normalized spacial score (nSPS) is 22.9. The van der Waals surface area contributed by atoms with Crippen LogP contribution in [0, 0.1) is 5.92 Å². The van der Waals surface area contributed by atoms with Crippen molar-refractivity contribution in [2.75, 3.05) is 6.54 Å². The third kappa shape index (κ3) is 3.02. The molecule has 1 aliphatic rings. The maximum absolute atomic E-state index is 5.88. The number of hydrogen-bond donors (Lipinski definition) is 1. The molecule has 1 saturated heterocycles. The number of halogens is 1. The summed E-state index contributed by atoms with van der Waals surface area (Å²) in [5.41, 5.74) is 1.13. The first-order valence-electron chi connectivity index (χ1n) is 7.02. The average Bonchev–Trinajstić information content (AvgIpc) is 2.90. The van der Waals surface area contributed by atoms with Gasteiger partial charge < -0.3 is 9.84 Å². The molecule has 0 saturated carbocycles. The van der Waals surface area contributed by atoms with Gasteiger partial charge in [0.2, 0.25) is 5.89 Å². The van der Waals surface area contributed by atoms with E-state index in [4.69, 9.17) is 16.1 Å². The van der Waals surface area contributed by atoms with Crippen LogP contribution in [0.15, 0.2) is 28.8 Å². The van der Waals surface area contributed by atoms with E-state index in [-0.39, 0.29) is 6.04 Å². The Kier molecular flexibility index (Phi) is 4.03. The first kappa shape index (κ1) is 13.6. The van der Waals surface area contributed by atoms with Crippen LogP contribution in [0.2, 0.25) is 5.02 Å². The quantitative estimate of drug-likeness (QED) is 0.942. The van der Waals surface area contributed by atoms with Crippen LogP contribution in [0.5, 0.6) is 0 Å². The molecular formula is C15H18ClN3O. The molecule has 1 aliphatic heterocycles. The molecule has 3 rings (SSSR count). The highest BCUT2D eigenvalue weighted by Crippen LogP contribution is 2.27. The first-order chi connectivity index (χ1) is 9.72. The lowest BCUT2D eigenvalue weighted by molar-refractivity contribution is 0.239. The number of aromatic nitrogens is 2. The molecule has 2 aromatic rings. The van der Waals surface area contributed by atoms with E-state index in [1.807, 2.05) is 24.3 Å². The van der Waals surface area contributed by atoms with Gasteiger partial charge in [-0.05, 0) is 43.0 Å². The molecule has 0 amide bonds. The van der Waals surface area contributed by atoms with E-state index in [9.17, 15) is 0 Å². The van der Waals surface area contributed by atoms with Crippen molar-refractivity contribution in [2.24, 2.45) is 5.92 Å². The molecule has 0 aliphatic carbocycles. The molecule has 0 radical (unpaired) electrons. The fourth-order valence-corrected chi connectivity index (χ4v) is 2.76. The zero-order chi connectivity index (χ0) is 13.9. The van der Waals surface area contributed by atoms with Gasteiger partial charge in [-0.3, -0.25) is 0 Å². The van der Waals surface area contributed by atoms with Gasteiger partial charge in [0.15, 0.2) is 5.82 Å². The molecular weight excluding hydrogens is 274 g/mol. The smallest absolute Gasteiger partial charge is 0.244 e. The standard InChI is InChI=1S/C15H18ClN3O/c1-10-3-2-8-17-14(10)15-18-13(19-20-15)9-11-4-6-12(16)7-5-11/h4-7,10,14,17H,2-3,8-9H2,1H3. The minimum absolute atomic E-state index is 0.190. The summed E-state index contributed by atoms with van der Waals surface area (Å²) in [5, 5.41) is 8.28. The summed E-state index contributed by atoms with van der Waals surface area (Å²) >= 11 is 5.88. The minimum atomic E-state index is 0.190. The van der Waals surface area contributed by atoms with Crippen molar-refractivity contribution in [2.45, 2.75) is 32.2 Å². The van der Waals surface area contributed by atoms with Crippen LogP contribution in [-0.2, 0) is 6.42 Å². The van der Waals surface area contributed by atoms with E-state index in [1.54, 1.807) is 0 Å². The van der Waals surface area contributed by atoms with Gasteiger partial charge in [-0.2, -0.15) is 4.98 Å². The Bertz CT molecular complexity index is 567. The lowest BCUT2D eigenvalue weighted by Gasteiger charge is -2.26. The molecule has 2 unspecified atom stereocenters. The van der Waals surface area contributed by atoms with Crippen LogP contribution in [0.4, 0.5) is 0 Å². The summed E-state index contributed by atoms with van der Waals surface area (Å²) < 4.78 is 5.42. The van der Waals surface area contributed by atoms with E-state index < -0.39 is 0 Å². The van der Waals surface area contributed by atoms with Crippen molar-refractivity contribution in [3.05, 3.63) is 46.6 Å². The van der Waals surface area contributed by atoms with E-state index >= 15 is 0 Å². The highest BCUT2D eigenvalue weighted by molar-refractivity contribution is 6.30. The number of nitrogens with one attached hydrogen (secondary N) is 1. The second-order valence-electron chi connectivity index (χ2n) is 5.40. The van der Waals surface area contributed by atoms with Gasteiger partial charge in [0.25, 0.3) is 0 Å². The van der Waals surface area contributed by atoms with Gasteiger partial charge in [0.1, 0.15) is 0 Å². The molecule has 1 aromatic carbocycles. The fourth-order valence-electron chi connectivity index (χ4n) is 2.63. The summed E-state index contributed by atoms with van der Waals surface area (Å²) in [4.78, 5) is 4.53. The van der Waals surface area contributed by atoms with Crippen LogP contribution >= 0.6 is 11.6 Å². The highest BCUT2D eigenvalue weighted by Gasteiger charge is 2.27. The van der Waals surface area contributed by atoms with Crippen molar-refractivity contribution in [1.82, 2.24) is 15.5 Å². The number of rotatable bonds is 3. The molecule has 0 spiro atoms. The van der Waals surface area contributed by atoms with Crippen molar-refractivity contribution in [1.29, 1.82) is 0 Å². The SMILES string of the molecule is CC1CCCNC1c1nc(Cc2ccc(Cl)cc2)no1. The first-order valence-corrected chi connectivity index (χ1v) is 7.40. The van der Waals surface area contributed by atoms with E-state index in [2.05, 4.69) is 22.4 Å². The Labute approximate surface area is 123 Å². The van der Waals surface area contributed by atoms with Gasteiger partial charge in [-0.1, -0.05) is 35.8 Å². The molecule has 1 fully saturated rings. The van der Waals surface area contributed by atoms with Crippen molar-refractivity contribution in [3.8, 4) is 0 Å². The Morgan fingerprint density at radius 3 is 2.90 bits per heavy atom. The lowest BCUT2D eigenvalue weighted by Crippen LogP contribution is -2.33. The second kappa shape index (κ2) is 5.94. The predicted octanol–water partition coefficient (Wildman–Crippen LogP) is 3.37. The Hall–Kier alpha value is -1.39. The predicted molar refractivity (Wildman–Crippen MR) is 77.7 cm³/mol. The second-order valence-corrected chi connectivity index (χ2v) is 5.84. The van der Waals surface area contributed by atoms with E-state index in [0.29, 0.717) is 18.2 Å². The number of piperidine rings is 1. The monoisotopic (exact) mass is 291 g/mol. The molecule has 20 heavy (non-hydrogen) atoms. The summed E-state index contributed by atoms with van der Waals surface area (Å²) in [6, 6.07) is 7.92. The van der Waals surface area contributed by atoms with Gasteiger partial charge in [-0.25, -0.2) is 0 Å². The van der Waals surface area contributed by atoms with Crippen LogP contribution < -0.4 is 5.32 Å². The lowest BCUT2D eigenvalue weighted by atomic mass is 9.93. The molecule has 1 N–H and O–H groups in total. The fraction of sp³-hybridized carbons (Fsp3) is 0.467. The zero-order valence-corrected chi connectivity index (χ0v) is 12.2. The molecule has 1 aromatic heterocycles. The van der Waals surface area contributed by atoms with E-state index in [0.717, 1.165) is 23.0 Å². The third-order valence-electron chi connectivity index (χ3n) is 3.79. The summed E-state index contributed by atoms with van der Waals surface area (Å²) in [6.07, 6.45) is 3.08. The molecule has 2 atom stereocenters. The van der Waals surface area contributed by atoms with Crippen molar-refractivity contribution < 1.29 is 4.52 Å². The maximum atomic E-state index is 5.88. The topological polar surface area (TPSA) is 51.0 Å². The zero-order valence-electron chi connectivity index (χ0n) is 11.5. The average molecular weight is 292 g/mol. The van der Waals surface area contributed by atoms with Gasteiger partial charge in [0.05, 0.1) is 6.04 Å². The number of hydrogen-bond acceptors (Lipinski definition) is 4. The van der Waals surface area contributed by atoms with Gasteiger partial charge in [-0.15, -0.1) is 0 Å². The van der Waals surface area contributed by atoms with E-state index in [1.165, 1.54) is 12.8 Å². The van der Waals surface area contributed by atoms with Crippen LogP contribution in [-0.4, -0.2) is 16.7 Å². The van der Waals surface area contributed by atoms with Crippen molar-refractivity contribution >= 4 is 11.6 Å². The van der Waals surface area contributed by atoms with Gasteiger partial charge in [0, 0.05) is 11.4 Å². The Balaban J connectivity index is 1.71.